The number of carbonyl (C=O) groups excluding carboxylic acids is 2. The average molecular weight is 591 g/mol. The van der Waals surface area contributed by atoms with E-state index in [0.29, 0.717) is 11.6 Å². The Morgan fingerprint density at radius 2 is 1.79 bits per heavy atom. The molecular formula is C27H18Cl2F2N2O5S. The molecule has 1 saturated heterocycles. The summed E-state index contributed by atoms with van der Waals surface area (Å²) in [5, 5.41) is 11.4. The molecule has 1 atom stereocenters. The second-order valence-corrected chi connectivity index (χ2v) is 10.4. The fraction of sp³-hybridized carbons (Fsp3) is 0.148. The number of aromatic nitrogens is 1. The van der Waals surface area contributed by atoms with Crippen LogP contribution >= 0.6 is 34.5 Å². The standard InChI is InChI=1S/C27H18Cl2F2N2O5S/c1-11-5-4-6-12(7-11)21-18(22(34)14-10-15(28)25(38-3)19(29)24(14)37-2)23(35)26(36)33(21)27-32-20-16(31)8-13(30)9-17(20)39-27/h4-10,21,34H,1-3H3/b22-18+. The number of thiazole rings is 1. The molecule has 7 nitrogen and oxygen atoms in total. The molecular weight excluding hydrogens is 573 g/mol. The molecule has 12 heteroatoms. The number of anilines is 1. The molecule has 1 aliphatic heterocycles. The molecule has 0 saturated carbocycles. The van der Waals surface area contributed by atoms with Gasteiger partial charge in [0, 0.05) is 6.07 Å². The molecule has 1 amide bonds. The number of benzene rings is 3. The van der Waals surface area contributed by atoms with Crippen molar-refractivity contribution in [3.8, 4) is 11.5 Å². The summed E-state index contributed by atoms with van der Waals surface area (Å²) in [6.07, 6.45) is 0. The van der Waals surface area contributed by atoms with Gasteiger partial charge in [-0.15, -0.1) is 0 Å². The Balaban J connectivity index is 1.80. The van der Waals surface area contributed by atoms with Crippen molar-refractivity contribution in [1.29, 1.82) is 0 Å². The van der Waals surface area contributed by atoms with Crippen LogP contribution in [-0.2, 0) is 9.59 Å². The number of aliphatic hydroxyl groups excluding tert-OH is 1. The molecule has 1 N–H and O–H groups in total. The van der Waals surface area contributed by atoms with Crippen molar-refractivity contribution in [3.63, 3.8) is 0 Å². The highest BCUT2D eigenvalue weighted by molar-refractivity contribution is 7.22. The van der Waals surface area contributed by atoms with E-state index < -0.39 is 35.1 Å². The predicted molar refractivity (Wildman–Crippen MR) is 145 cm³/mol. The fourth-order valence-electron chi connectivity index (χ4n) is 4.53. The lowest BCUT2D eigenvalue weighted by Gasteiger charge is -2.23. The third-order valence-electron chi connectivity index (χ3n) is 6.20. The normalized spacial score (nSPS) is 16.8. The van der Waals surface area contributed by atoms with Crippen LogP contribution in [0.1, 0.15) is 22.7 Å². The minimum atomic E-state index is -1.18. The zero-order valence-electron chi connectivity index (χ0n) is 20.5. The molecule has 1 aliphatic rings. The Kier molecular flexibility index (Phi) is 6.96. The summed E-state index contributed by atoms with van der Waals surface area (Å²) in [5.74, 6) is -4.34. The van der Waals surface area contributed by atoms with Crippen LogP contribution in [0.5, 0.6) is 11.5 Å². The third-order valence-corrected chi connectivity index (χ3v) is 7.83. The first-order valence-electron chi connectivity index (χ1n) is 11.3. The van der Waals surface area contributed by atoms with E-state index in [-0.39, 0.29) is 48.0 Å². The van der Waals surface area contributed by atoms with E-state index in [4.69, 9.17) is 32.7 Å². The average Bonchev–Trinajstić information content (AvgIpc) is 3.42. The number of aryl methyl sites for hydroxylation is 1. The smallest absolute Gasteiger partial charge is 0.301 e. The number of methoxy groups -OCH3 is 2. The molecule has 0 spiro atoms. The predicted octanol–water partition coefficient (Wildman–Crippen LogP) is 6.83. The monoisotopic (exact) mass is 590 g/mol. The number of carbonyl (C=O) groups is 2. The van der Waals surface area contributed by atoms with E-state index in [2.05, 4.69) is 4.98 Å². The van der Waals surface area contributed by atoms with Gasteiger partial charge in [-0.2, -0.15) is 0 Å². The Bertz CT molecular complexity index is 1720. The van der Waals surface area contributed by atoms with Crippen LogP contribution in [0.4, 0.5) is 13.9 Å². The van der Waals surface area contributed by atoms with Gasteiger partial charge in [-0.05, 0) is 24.6 Å². The fourth-order valence-corrected chi connectivity index (χ4v) is 6.24. The molecule has 0 bridgehead atoms. The number of halogens is 4. The van der Waals surface area contributed by atoms with Crippen molar-refractivity contribution in [2.75, 3.05) is 19.1 Å². The van der Waals surface area contributed by atoms with Crippen molar-refractivity contribution in [1.82, 2.24) is 4.98 Å². The number of ketones is 1. The molecule has 39 heavy (non-hydrogen) atoms. The molecule has 2 heterocycles. The van der Waals surface area contributed by atoms with Gasteiger partial charge >= 0.3 is 5.91 Å². The number of hydrogen-bond donors (Lipinski definition) is 1. The number of Topliss-reactive ketones (excluding diaryl/α,β-unsaturated/α-hetero) is 1. The first-order chi connectivity index (χ1) is 18.6. The number of rotatable bonds is 5. The van der Waals surface area contributed by atoms with Gasteiger partial charge in [0.05, 0.1) is 41.1 Å². The first-order valence-corrected chi connectivity index (χ1v) is 12.9. The van der Waals surface area contributed by atoms with Crippen LogP contribution in [-0.4, -0.2) is 36.0 Å². The van der Waals surface area contributed by atoms with Gasteiger partial charge in [-0.3, -0.25) is 14.5 Å². The maximum absolute atomic E-state index is 14.5. The topological polar surface area (TPSA) is 89.0 Å². The van der Waals surface area contributed by atoms with Crippen LogP contribution in [0.3, 0.4) is 0 Å². The van der Waals surface area contributed by atoms with Gasteiger partial charge in [0.25, 0.3) is 5.78 Å². The minimum Gasteiger partial charge on any atom is -0.507 e. The Morgan fingerprint density at radius 3 is 2.46 bits per heavy atom. The zero-order valence-corrected chi connectivity index (χ0v) is 22.8. The van der Waals surface area contributed by atoms with Gasteiger partial charge in [-0.25, -0.2) is 13.8 Å². The Morgan fingerprint density at radius 1 is 1.08 bits per heavy atom. The third kappa shape index (κ3) is 4.38. The van der Waals surface area contributed by atoms with E-state index in [1.165, 1.54) is 20.3 Å². The van der Waals surface area contributed by atoms with Crippen molar-refractivity contribution in [2.24, 2.45) is 0 Å². The van der Waals surface area contributed by atoms with Crippen molar-refractivity contribution >= 4 is 67.3 Å². The molecule has 3 aromatic carbocycles. The van der Waals surface area contributed by atoms with Gasteiger partial charge in [0.1, 0.15) is 22.1 Å². The number of fused-ring (bicyclic) bond motifs is 1. The maximum Gasteiger partial charge on any atom is 0.301 e. The van der Waals surface area contributed by atoms with Crippen molar-refractivity contribution < 1.29 is 33.0 Å². The molecule has 4 aromatic rings. The summed E-state index contributed by atoms with van der Waals surface area (Å²) in [7, 11) is 2.65. The highest BCUT2D eigenvalue weighted by Gasteiger charge is 2.48. The largest absolute Gasteiger partial charge is 0.507 e. The summed E-state index contributed by atoms with van der Waals surface area (Å²) in [4.78, 5) is 32.2. The lowest BCUT2D eigenvalue weighted by Crippen LogP contribution is -2.29. The van der Waals surface area contributed by atoms with Crippen molar-refractivity contribution in [2.45, 2.75) is 13.0 Å². The number of aliphatic hydroxyl groups is 1. The van der Waals surface area contributed by atoms with Crippen molar-refractivity contribution in [3.05, 3.63) is 86.4 Å². The summed E-state index contributed by atoms with van der Waals surface area (Å²) >= 11 is 13.5. The van der Waals surface area contributed by atoms with Crippen LogP contribution in [0.15, 0.2) is 48.0 Å². The highest BCUT2D eigenvalue weighted by Crippen LogP contribution is 2.49. The van der Waals surface area contributed by atoms with E-state index >= 15 is 0 Å². The summed E-state index contributed by atoms with van der Waals surface area (Å²) in [6.45, 7) is 1.82. The molecule has 5 rings (SSSR count). The Hall–Kier alpha value is -3.73. The quantitative estimate of drug-likeness (QED) is 0.156. The zero-order chi connectivity index (χ0) is 28.2. The Labute approximate surface area is 234 Å². The molecule has 200 valence electrons. The number of nitrogens with zero attached hydrogens (tertiary/aromatic N) is 2. The SMILES string of the molecule is COc1c(Cl)cc(/C(O)=C2\C(=O)C(=O)N(c3nc4c(F)cc(F)cc4s3)C2c2cccc(C)c2)c(OC)c1Cl. The number of ether oxygens (including phenoxy) is 2. The van der Waals surface area contributed by atoms with Gasteiger partial charge < -0.3 is 14.6 Å². The summed E-state index contributed by atoms with van der Waals surface area (Å²) in [6, 6.07) is 8.83. The van der Waals surface area contributed by atoms with E-state index in [1.54, 1.807) is 18.2 Å². The van der Waals surface area contributed by atoms with Gasteiger partial charge in [0.2, 0.25) is 0 Å². The molecule has 0 aliphatic carbocycles. The van der Waals surface area contributed by atoms with Gasteiger partial charge in [0.15, 0.2) is 22.4 Å². The van der Waals surface area contributed by atoms with Crippen LogP contribution < -0.4 is 14.4 Å². The summed E-state index contributed by atoms with van der Waals surface area (Å²) < 4.78 is 39.1. The minimum absolute atomic E-state index is 0.0230. The highest BCUT2D eigenvalue weighted by atomic mass is 35.5. The summed E-state index contributed by atoms with van der Waals surface area (Å²) in [5.41, 5.74) is 0.764. The van der Waals surface area contributed by atoms with Crippen LogP contribution in [0.25, 0.3) is 16.0 Å². The second-order valence-electron chi connectivity index (χ2n) is 8.60. The van der Waals surface area contributed by atoms with E-state index in [1.807, 2.05) is 13.0 Å². The van der Waals surface area contributed by atoms with Gasteiger partial charge in [-0.1, -0.05) is 64.4 Å². The molecule has 1 unspecified atom stereocenters. The lowest BCUT2D eigenvalue weighted by atomic mass is 9.94. The molecule has 1 fully saturated rings. The van der Waals surface area contributed by atoms with Crippen LogP contribution in [0, 0.1) is 18.6 Å². The number of hydrogen-bond acceptors (Lipinski definition) is 7. The molecule has 0 radical (unpaired) electrons. The maximum atomic E-state index is 14.5. The number of amides is 1. The van der Waals surface area contributed by atoms with E-state index in [0.717, 1.165) is 27.9 Å². The van der Waals surface area contributed by atoms with E-state index in [9.17, 15) is 23.5 Å². The molecule has 1 aromatic heterocycles. The lowest BCUT2D eigenvalue weighted by molar-refractivity contribution is -0.132. The first kappa shape index (κ1) is 26.9. The second kappa shape index (κ2) is 10.1. The van der Waals surface area contributed by atoms with Crippen LogP contribution in [0.2, 0.25) is 10.0 Å².